The molecule has 1 heterocycles. The third-order valence-electron chi connectivity index (χ3n) is 5.04. The maximum absolute atomic E-state index is 12.0. The fourth-order valence-electron chi connectivity index (χ4n) is 3.56. The third-order valence-corrected chi connectivity index (χ3v) is 5.04. The van der Waals surface area contributed by atoms with E-state index in [4.69, 9.17) is 23.7 Å². The van der Waals surface area contributed by atoms with Crippen LogP contribution in [0.3, 0.4) is 0 Å². The summed E-state index contributed by atoms with van der Waals surface area (Å²) in [6.07, 6.45) is -4.51. The number of nitrogens with one attached hydrogen (secondary N) is 1. The molecule has 10 heteroatoms. The average molecular weight is 480 g/mol. The van der Waals surface area contributed by atoms with Crippen molar-refractivity contribution in [3.8, 4) is 5.75 Å². The van der Waals surface area contributed by atoms with Crippen molar-refractivity contribution in [3.63, 3.8) is 0 Å². The van der Waals surface area contributed by atoms with E-state index in [1.165, 1.54) is 27.7 Å². The Hall–Kier alpha value is -3.14. The first-order valence-electron chi connectivity index (χ1n) is 11.0. The van der Waals surface area contributed by atoms with E-state index in [2.05, 4.69) is 26.1 Å². The van der Waals surface area contributed by atoms with Gasteiger partial charge in [-0.3, -0.25) is 19.2 Å². The highest BCUT2D eigenvalue weighted by atomic mass is 16.7. The molecule has 1 aromatic carbocycles. The van der Waals surface area contributed by atoms with Crippen molar-refractivity contribution in [1.82, 2.24) is 5.32 Å². The number of rotatable bonds is 7. The summed E-state index contributed by atoms with van der Waals surface area (Å²) >= 11 is 0. The highest BCUT2D eigenvalue weighted by molar-refractivity contribution is 5.73. The van der Waals surface area contributed by atoms with Crippen molar-refractivity contribution in [1.29, 1.82) is 0 Å². The van der Waals surface area contributed by atoms with Gasteiger partial charge in [0.15, 0.2) is 12.2 Å². The van der Waals surface area contributed by atoms with Gasteiger partial charge in [0.1, 0.15) is 24.5 Å². The lowest BCUT2D eigenvalue weighted by molar-refractivity contribution is -0.257. The van der Waals surface area contributed by atoms with Gasteiger partial charge in [-0.25, -0.2) is 0 Å². The number of amides is 1. The molecule has 0 aliphatic carbocycles. The summed E-state index contributed by atoms with van der Waals surface area (Å²) in [7, 11) is 0. The second-order valence-corrected chi connectivity index (χ2v) is 9.11. The van der Waals surface area contributed by atoms with Gasteiger partial charge in [-0.15, -0.1) is 0 Å². The standard InChI is InChI=1S/C24H33NO9/c1-13(26)25-20-22(32-16(4)29)21(31-15(3)28)19(12-30-14(2)27)34-23(20)33-18-10-8-17(9-11-18)24(5,6)7/h8-11,19-23H,12H2,1-7H3,(H,25,26). The predicted molar refractivity (Wildman–Crippen MR) is 120 cm³/mol. The first kappa shape index (κ1) is 27.1. The first-order chi connectivity index (χ1) is 15.8. The lowest BCUT2D eigenvalue weighted by Gasteiger charge is -2.44. The molecule has 1 saturated heterocycles. The molecule has 188 valence electrons. The summed E-state index contributed by atoms with van der Waals surface area (Å²) in [5.41, 5.74) is 1.02. The van der Waals surface area contributed by atoms with Gasteiger partial charge in [-0.05, 0) is 23.1 Å². The van der Waals surface area contributed by atoms with Crippen LogP contribution < -0.4 is 10.1 Å². The largest absolute Gasteiger partial charge is 0.463 e. The van der Waals surface area contributed by atoms with Gasteiger partial charge in [-0.2, -0.15) is 0 Å². The zero-order chi connectivity index (χ0) is 25.6. The molecule has 34 heavy (non-hydrogen) atoms. The summed E-state index contributed by atoms with van der Waals surface area (Å²) in [5.74, 6) is -1.92. The van der Waals surface area contributed by atoms with Gasteiger partial charge in [0.05, 0.1) is 0 Å². The second-order valence-electron chi connectivity index (χ2n) is 9.11. The van der Waals surface area contributed by atoms with E-state index in [9.17, 15) is 19.2 Å². The summed E-state index contributed by atoms with van der Waals surface area (Å²) in [4.78, 5) is 47.1. The van der Waals surface area contributed by atoms with E-state index >= 15 is 0 Å². The van der Waals surface area contributed by atoms with Gasteiger partial charge < -0.3 is 29.0 Å². The van der Waals surface area contributed by atoms with Crippen LogP contribution in [0.25, 0.3) is 0 Å². The Morgan fingerprint density at radius 3 is 1.91 bits per heavy atom. The highest BCUT2D eigenvalue weighted by Crippen LogP contribution is 2.30. The molecule has 0 aromatic heterocycles. The molecule has 2 rings (SSSR count). The number of esters is 3. The molecule has 1 fully saturated rings. The van der Waals surface area contributed by atoms with Gasteiger partial charge in [0, 0.05) is 27.7 Å². The van der Waals surface area contributed by atoms with Crippen molar-refractivity contribution < 1.29 is 42.9 Å². The third kappa shape index (κ3) is 7.72. The molecule has 1 aromatic rings. The quantitative estimate of drug-likeness (QED) is 0.462. The van der Waals surface area contributed by atoms with Crippen LogP contribution in [-0.2, 0) is 43.5 Å². The average Bonchev–Trinajstić information content (AvgIpc) is 2.69. The van der Waals surface area contributed by atoms with Crippen molar-refractivity contribution in [2.45, 2.75) is 84.5 Å². The number of carbonyl (C=O) groups excluding carboxylic acids is 4. The van der Waals surface area contributed by atoms with Crippen molar-refractivity contribution >= 4 is 23.8 Å². The molecule has 1 amide bonds. The predicted octanol–water partition coefficient (Wildman–Crippen LogP) is 2.02. The minimum atomic E-state index is -1.17. The maximum Gasteiger partial charge on any atom is 0.303 e. The topological polar surface area (TPSA) is 126 Å². The van der Waals surface area contributed by atoms with Crippen LogP contribution in [0.2, 0.25) is 0 Å². The van der Waals surface area contributed by atoms with Crippen LogP contribution in [0.1, 0.15) is 54.0 Å². The molecule has 1 aliphatic heterocycles. The Balaban J connectivity index is 2.43. The van der Waals surface area contributed by atoms with E-state index in [1.807, 2.05) is 12.1 Å². The Kier molecular flexibility index (Phi) is 9.03. The smallest absolute Gasteiger partial charge is 0.303 e. The summed E-state index contributed by atoms with van der Waals surface area (Å²) in [5, 5.41) is 2.67. The Morgan fingerprint density at radius 2 is 1.44 bits per heavy atom. The van der Waals surface area contributed by atoms with E-state index in [0.29, 0.717) is 5.75 Å². The molecule has 1 N–H and O–H groups in total. The van der Waals surface area contributed by atoms with Crippen molar-refractivity contribution in [3.05, 3.63) is 29.8 Å². The van der Waals surface area contributed by atoms with Crippen LogP contribution in [0.15, 0.2) is 24.3 Å². The van der Waals surface area contributed by atoms with E-state index in [0.717, 1.165) is 5.56 Å². The van der Waals surface area contributed by atoms with Crippen molar-refractivity contribution in [2.75, 3.05) is 6.61 Å². The molecular formula is C24H33NO9. The summed E-state index contributed by atoms with van der Waals surface area (Å²) in [6, 6.07) is 6.31. The Morgan fingerprint density at radius 1 is 0.882 bits per heavy atom. The lowest BCUT2D eigenvalue weighted by atomic mass is 9.87. The zero-order valence-electron chi connectivity index (χ0n) is 20.6. The molecule has 5 unspecified atom stereocenters. The van der Waals surface area contributed by atoms with Gasteiger partial charge >= 0.3 is 17.9 Å². The molecule has 0 radical (unpaired) electrons. The highest BCUT2D eigenvalue weighted by Gasteiger charge is 2.51. The molecule has 5 atom stereocenters. The minimum Gasteiger partial charge on any atom is -0.463 e. The van der Waals surface area contributed by atoms with Crippen LogP contribution in [0.4, 0.5) is 0 Å². The van der Waals surface area contributed by atoms with Gasteiger partial charge in [-0.1, -0.05) is 32.9 Å². The summed E-state index contributed by atoms with van der Waals surface area (Å²) < 4.78 is 27.9. The van der Waals surface area contributed by atoms with E-state index < -0.39 is 54.5 Å². The fourth-order valence-corrected chi connectivity index (χ4v) is 3.56. The molecule has 0 spiro atoms. The fraction of sp³-hybridized carbons (Fsp3) is 0.583. The van der Waals surface area contributed by atoms with E-state index in [1.54, 1.807) is 12.1 Å². The molecule has 0 bridgehead atoms. The Labute approximate surface area is 199 Å². The Bertz CT molecular complexity index is 891. The number of hydrogen-bond acceptors (Lipinski definition) is 9. The van der Waals surface area contributed by atoms with Crippen LogP contribution >= 0.6 is 0 Å². The van der Waals surface area contributed by atoms with Gasteiger partial charge in [0.2, 0.25) is 12.2 Å². The monoisotopic (exact) mass is 479 g/mol. The zero-order valence-corrected chi connectivity index (χ0v) is 20.6. The number of carbonyl (C=O) groups is 4. The lowest BCUT2D eigenvalue weighted by Crippen LogP contribution is -2.67. The molecular weight excluding hydrogens is 446 g/mol. The maximum atomic E-state index is 12.0. The summed E-state index contributed by atoms with van der Waals surface area (Å²) in [6.45, 7) is 10.8. The minimum absolute atomic E-state index is 0.0641. The number of benzene rings is 1. The van der Waals surface area contributed by atoms with Crippen LogP contribution in [0.5, 0.6) is 5.75 Å². The van der Waals surface area contributed by atoms with Crippen LogP contribution in [-0.4, -0.2) is 61.1 Å². The SMILES string of the molecule is CC(=O)NC1C(Oc2ccc(C(C)(C)C)cc2)OC(COC(C)=O)C(OC(C)=O)C1OC(C)=O. The number of ether oxygens (including phenoxy) is 5. The molecule has 1 aliphatic rings. The normalized spacial score (nSPS) is 24.5. The van der Waals surface area contributed by atoms with E-state index in [-0.39, 0.29) is 12.0 Å². The molecule has 0 saturated carbocycles. The van der Waals surface area contributed by atoms with Crippen LogP contribution in [0, 0.1) is 0 Å². The first-order valence-corrected chi connectivity index (χ1v) is 11.0. The molecule has 10 nitrogen and oxygen atoms in total. The van der Waals surface area contributed by atoms with Crippen molar-refractivity contribution in [2.24, 2.45) is 0 Å². The van der Waals surface area contributed by atoms with Gasteiger partial charge in [0.25, 0.3) is 0 Å². The second kappa shape index (κ2) is 11.3. The number of hydrogen-bond donors (Lipinski definition) is 1.